The van der Waals surface area contributed by atoms with Crippen LogP contribution in [0.4, 0.5) is 11.4 Å². The second-order valence-corrected chi connectivity index (χ2v) is 8.91. The van der Waals surface area contributed by atoms with Crippen LogP contribution in [0.1, 0.15) is 5.56 Å². The minimum atomic E-state index is -3.83. The number of benzene rings is 1. The van der Waals surface area contributed by atoms with Crippen LogP contribution >= 0.6 is 11.6 Å². The van der Waals surface area contributed by atoms with Gasteiger partial charge in [0.05, 0.1) is 18.3 Å². The van der Waals surface area contributed by atoms with E-state index in [4.69, 9.17) is 16.3 Å². The Hall–Kier alpha value is -3.14. The maximum absolute atomic E-state index is 13.3. The molecule has 0 atom stereocenters. The molecule has 160 valence electrons. The summed E-state index contributed by atoms with van der Waals surface area (Å²) in [6.45, 7) is 0.520. The second-order valence-electron chi connectivity index (χ2n) is 6.71. The number of halogens is 1. The molecule has 10 heteroatoms. The zero-order chi connectivity index (χ0) is 22.0. The van der Waals surface area contributed by atoms with Gasteiger partial charge in [-0.3, -0.25) is 4.98 Å². The summed E-state index contributed by atoms with van der Waals surface area (Å²) in [5.74, 6) is 0.298. The van der Waals surface area contributed by atoms with Gasteiger partial charge < -0.3 is 15.4 Å². The van der Waals surface area contributed by atoms with Crippen molar-refractivity contribution in [3.63, 3.8) is 0 Å². The molecule has 8 nitrogen and oxygen atoms in total. The van der Waals surface area contributed by atoms with Crippen molar-refractivity contribution in [2.45, 2.75) is 11.4 Å². The number of ether oxygens (including phenoxy) is 1. The van der Waals surface area contributed by atoms with Gasteiger partial charge in [0.25, 0.3) is 10.0 Å². The third-order valence-electron chi connectivity index (χ3n) is 4.74. The highest BCUT2D eigenvalue weighted by Crippen LogP contribution is 2.34. The first-order valence-electron chi connectivity index (χ1n) is 9.35. The third-order valence-corrected chi connectivity index (χ3v) is 6.76. The van der Waals surface area contributed by atoms with Crippen molar-refractivity contribution < 1.29 is 13.2 Å². The van der Waals surface area contributed by atoms with Crippen LogP contribution in [0.25, 0.3) is 10.9 Å². The fourth-order valence-corrected chi connectivity index (χ4v) is 4.89. The molecule has 0 aliphatic heterocycles. The zero-order valence-corrected chi connectivity index (χ0v) is 18.4. The van der Waals surface area contributed by atoms with Gasteiger partial charge in [0.15, 0.2) is 0 Å². The molecule has 0 saturated carbocycles. The molecule has 0 amide bonds. The Morgan fingerprint density at radius 1 is 1.19 bits per heavy atom. The Kier molecular flexibility index (Phi) is 5.81. The van der Waals surface area contributed by atoms with Crippen LogP contribution in [0.15, 0.2) is 66.1 Å². The molecule has 0 fully saturated rings. The molecule has 3 aromatic heterocycles. The number of hydrogen-bond acceptors (Lipinski definition) is 7. The Balaban J connectivity index is 1.84. The van der Waals surface area contributed by atoms with E-state index in [2.05, 4.69) is 20.6 Å². The van der Waals surface area contributed by atoms with Crippen LogP contribution < -0.4 is 15.4 Å². The minimum Gasteiger partial charge on any atom is -0.480 e. The molecule has 0 radical (unpaired) electrons. The molecular weight excluding hydrogens is 438 g/mol. The van der Waals surface area contributed by atoms with Crippen LogP contribution in [0.2, 0.25) is 5.02 Å². The van der Waals surface area contributed by atoms with E-state index in [-0.39, 0.29) is 4.90 Å². The topological polar surface area (TPSA) is 98.1 Å². The lowest BCUT2D eigenvalue weighted by atomic mass is 10.1. The molecule has 4 rings (SSSR count). The summed E-state index contributed by atoms with van der Waals surface area (Å²) in [6, 6.07) is 10.4. The molecule has 2 N–H and O–H groups in total. The smallest absolute Gasteiger partial charge is 0.269 e. The predicted octanol–water partition coefficient (Wildman–Crippen LogP) is 3.79. The van der Waals surface area contributed by atoms with Crippen molar-refractivity contribution in [2.24, 2.45) is 0 Å². The van der Waals surface area contributed by atoms with E-state index in [1.807, 2.05) is 19.2 Å². The summed E-state index contributed by atoms with van der Waals surface area (Å²) >= 11 is 6.34. The molecule has 0 aliphatic rings. The molecule has 0 bridgehead atoms. The number of aromatic nitrogens is 3. The van der Waals surface area contributed by atoms with E-state index in [1.54, 1.807) is 30.6 Å². The summed E-state index contributed by atoms with van der Waals surface area (Å²) in [7, 11) is -0.526. The lowest BCUT2D eigenvalue weighted by Gasteiger charge is -2.12. The Morgan fingerprint density at radius 2 is 2.03 bits per heavy atom. The number of pyridine rings is 2. The Labute approximate surface area is 184 Å². The highest BCUT2D eigenvalue weighted by molar-refractivity contribution is 7.90. The van der Waals surface area contributed by atoms with Gasteiger partial charge in [-0.2, -0.15) is 0 Å². The minimum absolute atomic E-state index is 0.114. The number of nitrogens with one attached hydrogen (secondary N) is 2. The first-order valence-corrected chi connectivity index (χ1v) is 11.2. The fraction of sp³-hybridized carbons (Fsp3) is 0.143. The highest BCUT2D eigenvalue weighted by Gasteiger charge is 2.22. The zero-order valence-electron chi connectivity index (χ0n) is 16.8. The van der Waals surface area contributed by atoms with Gasteiger partial charge in [0.2, 0.25) is 5.88 Å². The van der Waals surface area contributed by atoms with Crippen LogP contribution in [0.5, 0.6) is 5.88 Å². The second kappa shape index (κ2) is 8.54. The summed E-state index contributed by atoms with van der Waals surface area (Å²) in [4.78, 5) is 8.13. The normalized spacial score (nSPS) is 11.6. The van der Waals surface area contributed by atoms with Crippen LogP contribution in [-0.2, 0) is 16.6 Å². The summed E-state index contributed by atoms with van der Waals surface area (Å²) in [5.41, 5.74) is 2.66. The summed E-state index contributed by atoms with van der Waals surface area (Å²) < 4.78 is 33.1. The van der Waals surface area contributed by atoms with Crippen molar-refractivity contribution >= 4 is 43.9 Å². The molecule has 4 aromatic rings. The fourth-order valence-electron chi connectivity index (χ4n) is 3.31. The van der Waals surface area contributed by atoms with Crippen LogP contribution in [0.3, 0.4) is 0 Å². The SMILES string of the molecule is CNCc1cn(S(=O)(=O)c2cccnc2)c2cc(Nc3ccnc(OC)c3Cl)ccc12. The number of anilines is 2. The van der Waals surface area contributed by atoms with E-state index in [0.29, 0.717) is 34.3 Å². The molecule has 0 unspecified atom stereocenters. The van der Waals surface area contributed by atoms with Gasteiger partial charge in [0, 0.05) is 42.4 Å². The lowest BCUT2D eigenvalue weighted by Crippen LogP contribution is -2.12. The quantitative estimate of drug-likeness (QED) is 0.435. The molecule has 1 aromatic carbocycles. The highest BCUT2D eigenvalue weighted by atomic mass is 35.5. The number of hydrogen-bond donors (Lipinski definition) is 2. The van der Waals surface area contributed by atoms with E-state index in [9.17, 15) is 8.42 Å². The lowest BCUT2D eigenvalue weighted by molar-refractivity contribution is 0.398. The summed E-state index contributed by atoms with van der Waals surface area (Å²) in [6.07, 6.45) is 6.08. The molecule has 0 saturated heterocycles. The van der Waals surface area contributed by atoms with Crippen LogP contribution in [0, 0.1) is 0 Å². The van der Waals surface area contributed by atoms with Gasteiger partial charge in [-0.15, -0.1) is 0 Å². The first kappa shape index (κ1) is 21.1. The van der Waals surface area contributed by atoms with Crippen molar-refractivity contribution in [2.75, 3.05) is 19.5 Å². The maximum Gasteiger partial charge on any atom is 0.269 e. The number of methoxy groups -OCH3 is 1. The standard InChI is InChI=1S/C21H20ClN5O3S/c1-23-11-14-13-27(31(28,29)16-4-3-8-24-12-16)19-10-15(5-6-17(14)19)26-18-7-9-25-21(30-2)20(18)22/h3-10,12-13,23H,11H2,1-2H3,(H,25,26). The van der Waals surface area contributed by atoms with Crippen LogP contribution in [-0.4, -0.2) is 36.5 Å². The van der Waals surface area contributed by atoms with Crippen molar-refractivity contribution in [1.82, 2.24) is 19.3 Å². The average molecular weight is 458 g/mol. The molecule has 0 aliphatic carbocycles. The van der Waals surface area contributed by atoms with Gasteiger partial charge in [-0.1, -0.05) is 17.7 Å². The maximum atomic E-state index is 13.3. The van der Waals surface area contributed by atoms with Gasteiger partial charge >= 0.3 is 0 Å². The largest absolute Gasteiger partial charge is 0.480 e. The number of rotatable bonds is 7. The van der Waals surface area contributed by atoms with Gasteiger partial charge in [0.1, 0.15) is 9.92 Å². The van der Waals surface area contributed by atoms with Crippen molar-refractivity contribution in [3.8, 4) is 5.88 Å². The van der Waals surface area contributed by atoms with E-state index in [0.717, 1.165) is 10.9 Å². The van der Waals surface area contributed by atoms with E-state index < -0.39 is 10.0 Å². The summed E-state index contributed by atoms with van der Waals surface area (Å²) in [5, 5.41) is 7.45. The monoisotopic (exact) mass is 457 g/mol. The molecule has 3 heterocycles. The first-order chi connectivity index (χ1) is 15.0. The van der Waals surface area contributed by atoms with E-state index in [1.165, 1.54) is 29.5 Å². The Morgan fingerprint density at radius 3 is 2.74 bits per heavy atom. The average Bonchev–Trinajstić information content (AvgIpc) is 3.15. The predicted molar refractivity (Wildman–Crippen MR) is 121 cm³/mol. The number of fused-ring (bicyclic) bond motifs is 1. The molecule has 31 heavy (non-hydrogen) atoms. The van der Waals surface area contributed by atoms with Gasteiger partial charge in [-0.25, -0.2) is 17.4 Å². The molecule has 0 spiro atoms. The van der Waals surface area contributed by atoms with E-state index >= 15 is 0 Å². The van der Waals surface area contributed by atoms with Crippen molar-refractivity contribution in [3.05, 3.63) is 71.8 Å². The number of nitrogens with zero attached hydrogens (tertiary/aromatic N) is 3. The third kappa shape index (κ3) is 3.95. The van der Waals surface area contributed by atoms with Crippen molar-refractivity contribution in [1.29, 1.82) is 0 Å². The molecular formula is C21H20ClN5O3S. The Bertz CT molecular complexity index is 1340. The van der Waals surface area contributed by atoms with Gasteiger partial charge in [-0.05, 0) is 42.9 Å².